The third-order valence-corrected chi connectivity index (χ3v) is 3.56. The van der Waals surface area contributed by atoms with Crippen molar-refractivity contribution in [3.05, 3.63) is 23.5 Å². The Kier molecular flexibility index (Phi) is 3.49. The van der Waals surface area contributed by atoms with Crippen molar-refractivity contribution in [3.8, 4) is 0 Å². The Hall–Kier alpha value is -1.99. The minimum absolute atomic E-state index is 0.232. The molecule has 2 heterocycles. The van der Waals surface area contributed by atoms with Crippen LogP contribution in [0.4, 0.5) is 13.2 Å². The van der Waals surface area contributed by atoms with Crippen LogP contribution in [0.25, 0.3) is 0 Å². The number of aryl methyl sites for hydroxylation is 1. The highest BCUT2D eigenvalue weighted by Crippen LogP contribution is 2.37. The maximum atomic E-state index is 12.9. The molecule has 0 aromatic carbocycles. The van der Waals surface area contributed by atoms with Crippen LogP contribution in [0, 0.1) is 18.8 Å². The molecular weight excluding hydrogens is 275 g/mol. The van der Waals surface area contributed by atoms with Crippen LogP contribution in [0.5, 0.6) is 0 Å². The molecule has 0 radical (unpaired) electrons. The van der Waals surface area contributed by atoms with E-state index in [1.807, 2.05) is 0 Å². The first kappa shape index (κ1) is 14.4. The van der Waals surface area contributed by atoms with E-state index in [1.54, 1.807) is 13.0 Å². The molecule has 2 amide bonds. The van der Waals surface area contributed by atoms with Crippen LogP contribution in [0.15, 0.2) is 12.3 Å². The molecule has 1 aliphatic rings. The second-order valence-electron chi connectivity index (χ2n) is 4.90. The van der Waals surface area contributed by atoms with Crippen molar-refractivity contribution >= 4 is 11.8 Å². The van der Waals surface area contributed by atoms with Crippen molar-refractivity contribution in [2.24, 2.45) is 17.6 Å². The molecule has 20 heavy (non-hydrogen) atoms. The zero-order chi connectivity index (χ0) is 15.1. The minimum Gasteiger partial charge on any atom is -0.369 e. The lowest BCUT2D eigenvalue weighted by Gasteiger charge is -2.18. The Bertz CT molecular complexity index is 538. The lowest BCUT2D eigenvalue weighted by molar-refractivity contribution is -0.182. The molecule has 0 aliphatic carbocycles. The number of nitrogens with one attached hydrogen (secondary N) is 1. The quantitative estimate of drug-likeness (QED) is 0.853. The van der Waals surface area contributed by atoms with E-state index in [2.05, 4.69) is 4.98 Å². The molecule has 8 heteroatoms. The summed E-state index contributed by atoms with van der Waals surface area (Å²) in [6, 6.07) is 1.65. The normalized spacial score (nSPS) is 23.1. The lowest BCUT2D eigenvalue weighted by Crippen LogP contribution is -2.37. The molecule has 0 saturated carbocycles. The van der Waals surface area contributed by atoms with Crippen molar-refractivity contribution in [1.29, 1.82) is 0 Å². The van der Waals surface area contributed by atoms with Crippen molar-refractivity contribution in [2.75, 3.05) is 13.1 Å². The Labute approximate surface area is 112 Å². The van der Waals surface area contributed by atoms with Gasteiger partial charge >= 0.3 is 6.18 Å². The third-order valence-electron chi connectivity index (χ3n) is 3.56. The monoisotopic (exact) mass is 289 g/mol. The number of carbonyl (C=O) groups excluding carboxylic acids is 2. The Morgan fingerprint density at radius 3 is 2.45 bits per heavy atom. The van der Waals surface area contributed by atoms with Gasteiger partial charge in [-0.15, -0.1) is 0 Å². The summed E-state index contributed by atoms with van der Waals surface area (Å²) in [6.07, 6.45) is -3.02. The molecule has 3 N–H and O–H groups in total. The predicted molar refractivity (Wildman–Crippen MR) is 63.7 cm³/mol. The van der Waals surface area contributed by atoms with E-state index in [0.29, 0.717) is 5.56 Å². The van der Waals surface area contributed by atoms with Crippen molar-refractivity contribution in [3.63, 3.8) is 0 Å². The molecule has 1 aromatic rings. The van der Waals surface area contributed by atoms with Gasteiger partial charge in [0.25, 0.3) is 5.91 Å². The van der Waals surface area contributed by atoms with E-state index in [4.69, 9.17) is 5.73 Å². The van der Waals surface area contributed by atoms with Crippen LogP contribution in [0.1, 0.15) is 16.1 Å². The van der Waals surface area contributed by atoms with E-state index in [9.17, 15) is 22.8 Å². The summed E-state index contributed by atoms with van der Waals surface area (Å²) in [6.45, 7) is 0.817. The van der Waals surface area contributed by atoms with Gasteiger partial charge in [0.1, 0.15) is 5.69 Å². The first-order valence-electron chi connectivity index (χ1n) is 6.01. The molecule has 2 atom stereocenters. The Balaban J connectivity index is 2.22. The molecule has 110 valence electrons. The summed E-state index contributed by atoms with van der Waals surface area (Å²) in [5, 5.41) is 0. The van der Waals surface area contributed by atoms with Gasteiger partial charge in [0, 0.05) is 19.3 Å². The highest BCUT2D eigenvalue weighted by molar-refractivity contribution is 5.94. The number of primary amides is 1. The molecule has 1 fully saturated rings. The van der Waals surface area contributed by atoms with Crippen molar-refractivity contribution < 1.29 is 22.8 Å². The molecule has 1 aliphatic heterocycles. The number of aromatic nitrogens is 1. The molecule has 5 nitrogen and oxygen atoms in total. The maximum absolute atomic E-state index is 12.9. The number of amides is 2. The number of aromatic amines is 1. The number of likely N-dealkylation sites (tertiary alicyclic amines) is 1. The van der Waals surface area contributed by atoms with Crippen LogP contribution in [0.2, 0.25) is 0 Å². The molecule has 0 unspecified atom stereocenters. The van der Waals surface area contributed by atoms with Gasteiger partial charge in [-0.3, -0.25) is 9.59 Å². The standard InChI is InChI=1S/C12H14F3N3O2/c1-6-2-3-17-9(6)11(20)18-4-7(10(16)19)8(5-18)12(13,14)15/h2-3,7-8,17H,4-5H2,1H3,(H2,16,19)/t7-,8-/m1/s1. The van der Waals surface area contributed by atoms with Gasteiger partial charge in [0.2, 0.25) is 5.91 Å². The van der Waals surface area contributed by atoms with Crippen LogP contribution in [-0.4, -0.2) is 41.0 Å². The van der Waals surface area contributed by atoms with Gasteiger partial charge < -0.3 is 15.6 Å². The largest absolute Gasteiger partial charge is 0.394 e. The summed E-state index contributed by atoms with van der Waals surface area (Å²) < 4.78 is 38.6. The number of hydrogen-bond donors (Lipinski definition) is 2. The average molecular weight is 289 g/mol. The van der Waals surface area contributed by atoms with E-state index in [0.717, 1.165) is 4.90 Å². The topological polar surface area (TPSA) is 79.2 Å². The van der Waals surface area contributed by atoms with Crippen molar-refractivity contribution in [1.82, 2.24) is 9.88 Å². The van der Waals surface area contributed by atoms with E-state index in [1.165, 1.54) is 6.20 Å². The number of rotatable bonds is 2. The van der Waals surface area contributed by atoms with Gasteiger partial charge in [-0.05, 0) is 18.6 Å². The zero-order valence-corrected chi connectivity index (χ0v) is 10.7. The average Bonchev–Trinajstić information content (AvgIpc) is 2.92. The fourth-order valence-corrected chi connectivity index (χ4v) is 2.43. The first-order chi connectivity index (χ1) is 9.21. The van der Waals surface area contributed by atoms with Crippen LogP contribution in [-0.2, 0) is 4.79 Å². The van der Waals surface area contributed by atoms with E-state index < -0.39 is 36.4 Å². The summed E-state index contributed by atoms with van der Waals surface area (Å²) in [5.74, 6) is -4.88. The second-order valence-corrected chi connectivity index (χ2v) is 4.90. The van der Waals surface area contributed by atoms with Gasteiger partial charge in [0.15, 0.2) is 0 Å². The zero-order valence-electron chi connectivity index (χ0n) is 10.7. The molecule has 0 bridgehead atoms. The lowest BCUT2D eigenvalue weighted by atomic mass is 9.95. The Morgan fingerprint density at radius 2 is 2.05 bits per heavy atom. The third kappa shape index (κ3) is 2.50. The van der Waals surface area contributed by atoms with Crippen LogP contribution < -0.4 is 5.73 Å². The molecule has 1 saturated heterocycles. The number of alkyl halides is 3. The van der Waals surface area contributed by atoms with E-state index in [-0.39, 0.29) is 12.2 Å². The minimum atomic E-state index is -4.56. The molecule has 1 aromatic heterocycles. The SMILES string of the molecule is Cc1cc[nH]c1C(=O)N1C[C@@H](C(F)(F)F)[C@H](C(N)=O)C1. The van der Waals surface area contributed by atoms with Crippen LogP contribution in [0.3, 0.4) is 0 Å². The van der Waals surface area contributed by atoms with Gasteiger partial charge in [-0.2, -0.15) is 13.2 Å². The van der Waals surface area contributed by atoms with E-state index >= 15 is 0 Å². The van der Waals surface area contributed by atoms with Gasteiger partial charge in [0.05, 0.1) is 11.8 Å². The van der Waals surface area contributed by atoms with Crippen molar-refractivity contribution in [2.45, 2.75) is 13.1 Å². The fraction of sp³-hybridized carbons (Fsp3) is 0.500. The predicted octanol–water partition coefficient (Wildman–Crippen LogP) is 1.06. The maximum Gasteiger partial charge on any atom is 0.394 e. The number of carbonyl (C=O) groups is 2. The highest BCUT2D eigenvalue weighted by Gasteiger charge is 2.52. The smallest absolute Gasteiger partial charge is 0.369 e. The molecule has 2 rings (SSSR count). The summed E-state index contributed by atoms with van der Waals surface area (Å²) in [4.78, 5) is 27.0. The molecule has 0 spiro atoms. The highest BCUT2D eigenvalue weighted by atomic mass is 19.4. The summed E-state index contributed by atoms with van der Waals surface area (Å²) in [7, 11) is 0. The Morgan fingerprint density at radius 1 is 1.40 bits per heavy atom. The summed E-state index contributed by atoms with van der Waals surface area (Å²) >= 11 is 0. The van der Waals surface area contributed by atoms with Crippen LogP contribution >= 0.6 is 0 Å². The summed E-state index contributed by atoms with van der Waals surface area (Å²) in [5.41, 5.74) is 5.88. The number of nitrogens with two attached hydrogens (primary N) is 1. The number of halogens is 3. The number of nitrogens with zero attached hydrogens (tertiary/aromatic N) is 1. The first-order valence-corrected chi connectivity index (χ1v) is 6.01. The number of hydrogen-bond acceptors (Lipinski definition) is 2. The van der Waals surface area contributed by atoms with Gasteiger partial charge in [-0.25, -0.2) is 0 Å². The molecular formula is C12H14F3N3O2. The second kappa shape index (κ2) is 4.84. The van der Waals surface area contributed by atoms with Gasteiger partial charge in [-0.1, -0.05) is 0 Å². The fourth-order valence-electron chi connectivity index (χ4n) is 2.43. The number of H-pyrrole nitrogens is 1.